The first-order valence-corrected chi connectivity index (χ1v) is 5.82. The van der Waals surface area contributed by atoms with E-state index < -0.39 is 0 Å². The van der Waals surface area contributed by atoms with Crippen LogP contribution in [0.15, 0.2) is 12.4 Å². The van der Waals surface area contributed by atoms with E-state index in [1.807, 2.05) is 0 Å². The summed E-state index contributed by atoms with van der Waals surface area (Å²) in [5.74, 6) is 1.69. The third-order valence-electron chi connectivity index (χ3n) is 2.99. The summed E-state index contributed by atoms with van der Waals surface area (Å²) in [6.45, 7) is 1.06. The van der Waals surface area contributed by atoms with Crippen LogP contribution in [-0.4, -0.2) is 23.6 Å². The second-order valence-corrected chi connectivity index (χ2v) is 4.62. The van der Waals surface area contributed by atoms with Gasteiger partial charge in [-0.25, -0.2) is 4.98 Å². The van der Waals surface area contributed by atoms with E-state index >= 15 is 0 Å². The molecule has 0 amide bonds. The van der Waals surface area contributed by atoms with Gasteiger partial charge in [-0.3, -0.25) is 4.98 Å². The molecular weight excluding hydrogens is 210 g/mol. The lowest BCUT2D eigenvalue weighted by Gasteiger charge is -2.21. The van der Waals surface area contributed by atoms with Crippen LogP contribution in [0, 0.1) is 5.92 Å². The molecule has 0 N–H and O–H groups in total. The Morgan fingerprint density at radius 2 is 2.13 bits per heavy atom. The first kappa shape index (κ1) is 10.7. The topological polar surface area (TPSA) is 29.0 Å². The van der Waals surface area contributed by atoms with Crippen molar-refractivity contribution in [2.45, 2.75) is 25.7 Å². The van der Waals surface area contributed by atoms with E-state index in [4.69, 9.17) is 11.6 Å². The monoisotopic (exact) mass is 225 g/mol. The summed E-state index contributed by atoms with van der Waals surface area (Å²) < 4.78 is 0. The first-order valence-electron chi connectivity index (χ1n) is 5.44. The molecule has 1 aliphatic carbocycles. The Morgan fingerprint density at radius 3 is 2.80 bits per heavy atom. The van der Waals surface area contributed by atoms with Crippen molar-refractivity contribution in [3.63, 3.8) is 0 Å². The van der Waals surface area contributed by atoms with Gasteiger partial charge in [0.15, 0.2) is 0 Å². The Balaban J connectivity index is 1.97. The number of nitrogens with zero attached hydrogens (tertiary/aromatic N) is 3. The van der Waals surface area contributed by atoms with Crippen LogP contribution in [0.3, 0.4) is 0 Å². The maximum atomic E-state index is 5.81. The normalized spacial score (nSPS) is 16.9. The predicted octanol–water partition coefficient (Wildman–Crippen LogP) is 2.76. The molecule has 0 bridgehead atoms. The summed E-state index contributed by atoms with van der Waals surface area (Å²) in [6, 6.07) is 0. The smallest absolute Gasteiger partial charge is 0.149 e. The minimum absolute atomic E-state index is 0.464. The van der Waals surface area contributed by atoms with E-state index in [0.29, 0.717) is 5.15 Å². The summed E-state index contributed by atoms with van der Waals surface area (Å²) >= 11 is 5.81. The molecule has 1 aromatic heterocycles. The van der Waals surface area contributed by atoms with E-state index in [1.165, 1.54) is 25.7 Å². The molecule has 3 nitrogen and oxygen atoms in total. The van der Waals surface area contributed by atoms with E-state index in [9.17, 15) is 0 Å². The highest BCUT2D eigenvalue weighted by atomic mass is 35.5. The van der Waals surface area contributed by atoms with Crippen LogP contribution < -0.4 is 4.90 Å². The molecule has 0 radical (unpaired) electrons. The van der Waals surface area contributed by atoms with Gasteiger partial charge >= 0.3 is 0 Å². The number of aromatic nitrogens is 2. The Labute approximate surface area is 95.5 Å². The molecule has 1 aromatic rings. The molecular formula is C11H16ClN3. The van der Waals surface area contributed by atoms with Crippen molar-refractivity contribution in [3.05, 3.63) is 17.5 Å². The standard InChI is InChI=1S/C11H16ClN3/c1-15(8-9-4-2-3-5-9)11-7-13-6-10(12)14-11/h6-7,9H,2-5,8H2,1H3. The van der Waals surface area contributed by atoms with Gasteiger partial charge in [0.2, 0.25) is 0 Å². The van der Waals surface area contributed by atoms with Crippen LogP contribution in [0.25, 0.3) is 0 Å². The lowest BCUT2D eigenvalue weighted by molar-refractivity contribution is 0.545. The molecule has 1 aliphatic rings. The molecule has 0 aliphatic heterocycles. The van der Waals surface area contributed by atoms with E-state index in [2.05, 4.69) is 21.9 Å². The molecule has 82 valence electrons. The number of halogens is 1. The zero-order chi connectivity index (χ0) is 10.7. The highest BCUT2D eigenvalue weighted by molar-refractivity contribution is 6.29. The average molecular weight is 226 g/mol. The van der Waals surface area contributed by atoms with Crippen LogP contribution in [0.2, 0.25) is 5.15 Å². The highest BCUT2D eigenvalue weighted by Gasteiger charge is 2.17. The van der Waals surface area contributed by atoms with Crippen LogP contribution in [-0.2, 0) is 0 Å². The van der Waals surface area contributed by atoms with Gasteiger partial charge in [0, 0.05) is 13.6 Å². The molecule has 4 heteroatoms. The number of hydrogen-bond donors (Lipinski definition) is 0. The molecule has 2 rings (SSSR count). The molecule has 1 saturated carbocycles. The highest BCUT2D eigenvalue weighted by Crippen LogP contribution is 2.26. The Morgan fingerprint density at radius 1 is 1.40 bits per heavy atom. The maximum absolute atomic E-state index is 5.81. The summed E-state index contributed by atoms with van der Waals surface area (Å²) in [4.78, 5) is 10.4. The van der Waals surface area contributed by atoms with Gasteiger partial charge in [-0.15, -0.1) is 0 Å². The van der Waals surface area contributed by atoms with Gasteiger partial charge in [0.05, 0.1) is 12.4 Å². The van der Waals surface area contributed by atoms with Gasteiger partial charge in [-0.2, -0.15) is 0 Å². The van der Waals surface area contributed by atoms with Crippen molar-refractivity contribution in [1.29, 1.82) is 0 Å². The lowest BCUT2D eigenvalue weighted by Crippen LogP contribution is -2.24. The number of anilines is 1. The minimum atomic E-state index is 0.464. The van der Waals surface area contributed by atoms with Crippen molar-refractivity contribution in [1.82, 2.24) is 9.97 Å². The van der Waals surface area contributed by atoms with Crippen molar-refractivity contribution < 1.29 is 0 Å². The van der Waals surface area contributed by atoms with E-state index in [1.54, 1.807) is 12.4 Å². The molecule has 0 atom stereocenters. The number of hydrogen-bond acceptors (Lipinski definition) is 3. The van der Waals surface area contributed by atoms with Crippen LogP contribution in [0.5, 0.6) is 0 Å². The van der Waals surface area contributed by atoms with Gasteiger partial charge in [-0.05, 0) is 18.8 Å². The average Bonchev–Trinajstić information content (AvgIpc) is 2.70. The molecule has 0 aromatic carbocycles. The zero-order valence-corrected chi connectivity index (χ0v) is 9.74. The van der Waals surface area contributed by atoms with Crippen LogP contribution >= 0.6 is 11.6 Å². The fourth-order valence-corrected chi connectivity index (χ4v) is 2.33. The van der Waals surface area contributed by atoms with Crippen LogP contribution in [0.1, 0.15) is 25.7 Å². The third kappa shape index (κ3) is 2.81. The first-order chi connectivity index (χ1) is 7.25. The van der Waals surface area contributed by atoms with Crippen molar-refractivity contribution in [3.8, 4) is 0 Å². The summed E-state index contributed by atoms with van der Waals surface area (Å²) in [6.07, 6.45) is 8.77. The SMILES string of the molecule is CN(CC1CCCC1)c1cncc(Cl)n1. The molecule has 0 unspecified atom stereocenters. The van der Waals surface area contributed by atoms with Crippen molar-refractivity contribution in [2.24, 2.45) is 5.92 Å². The van der Waals surface area contributed by atoms with Gasteiger partial charge in [0.25, 0.3) is 0 Å². The predicted molar refractivity (Wildman–Crippen MR) is 62.3 cm³/mol. The zero-order valence-electron chi connectivity index (χ0n) is 8.99. The Hall–Kier alpha value is -0.830. The molecule has 1 fully saturated rings. The van der Waals surface area contributed by atoms with E-state index in [0.717, 1.165) is 18.3 Å². The third-order valence-corrected chi connectivity index (χ3v) is 3.17. The van der Waals surface area contributed by atoms with Gasteiger partial charge < -0.3 is 4.90 Å². The quantitative estimate of drug-likeness (QED) is 0.792. The minimum Gasteiger partial charge on any atom is -0.358 e. The van der Waals surface area contributed by atoms with Crippen LogP contribution in [0.4, 0.5) is 5.82 Å². The summed E-state index contributed by atoms with van der Waals surface area (Å²) in [5, 5.41) is 0.464. The molecule has 0 spiro atoms. The van der Waals surface area contributed by atoms with Gasteiger partial charge in [0.1, 0.15) is 11.0 Å². The lowest BCUT2D eigenvalue weighted by atomic mass is 10.1. The second kappa shape index (κ2) is 4.79. The fourth-order valence-electron chi connectivity index (χ4n) is 2.19. The molecule has 1 heterocycles. The van der Waals surface area contributed by atoms with E-state index in [-0.39, 0.29) is 0 Å². The fraction of sp³-hybridized carbons (Fsp3) is 0.636. The van der Waals surface area contributed by atoms with Gasteiger partial charge in [-0.1, -0.05) is 24.4 Å². The maximum Gasteiger partial charge on any atom is 0.149 e. The largest absolute Gasteiger partial charge is 0.358 e. The van der Waals surface area contributed by atoms with Crippen molar-refractivity contribution >= 4 is 17.4 Å². The summed E-state index contributed by atoms with van der Waals surface area (Å²) in [7, 11) is 2.05. The molecule has 0 saturated heterocycles. The Kier molecular flexibility index (Phi) is 3.41. The van der Waals surface area contributed by atoms with Crippen molar-refractivity contribution in [2.75, 3.05) is 18.5 Å². The Bertz CT molecular complexity index is 323. The summed E-state index contributed by atoms with van der Waals surface area (Å²) in [5.41, 5.74) is 0. The molecule has 15 heavy (non-hydrogen) atoms. The second-order valence-electron chi connectivity index (χ2n) is 4.23. The number of rotatable bonds is 3.